The Balaban J connectivity index is 1.33. The number of anilines is 1. The normalized spacial score (nSPS) is 16.0. The van der Waals surface area contributed by atoms with Gasteiger partial charge < -0.3 is 14.8 Å². The Hall–Kier alpha value is -3.20. The molecule has 2 aromatic carbocycles. The van der Waals surface area contributed by atoms with Crippen molar-refractivity contribution < 1.29 is 14.0 Å². The zero-order valence-electron chi connectivity index (χ0n) is 17.0. The van der Waals surface area contributed by atoms with Gasteiger partial charge in [-0.3, -0.25) is 9.59 Å². The van der Waals surface area contributed by atoms with Gasteiger partial charge in [-0.2, -0.15) is 0 Å². The summed E-state index contributed by atoms with van der Waals surface area (Å²) < 4.78 is 15.4. The first-order valence-electron chi connectivity index (χ1n) is 9.89. The maximum atomic E-state index is 13.7. The number of rotatable bonds is 7. The number of nitrogens with zero attached hydrogens (tertiary/aromatic N) is 4. The van der Waals surface area contributed by atoms with Crippen LogP contribution in [0.15, 0.2) is 59.8 Å². The van der Waals surface area contributed by atoms with Crippen molar-refractivity contribution in [3.8, 4) is 0 Å². The third-order valence-corrected chi connectivity index (χ3v) is 6.24. The number of amides is 2. The van der Waals surface area contributed by atoms with Crippen molar-refractivity contribution in [1.29, 1.82) is 0 Å². The molecule has 3 aromatic rings. The zero-order chi connectivity index (χ0) is 21.8. The van der Waals surface area contributed by atoms with Crippen molar-refractivity contribution in [3.05, 3.63) is 71.8 Å². The quantitative estimate of drug-likeness (QED) is 0.572. The molecule has 0 bridgehead atoms. The standard InChI is InChI=1S/C22H22FN5O2S/c1-27-19(13-28-12-16(11-21(28)30)15-7-3-2-4-8-15)25-26-22(27)31-14-20(29)24-18-10-6-5-9-17(18)23/h2-10,16H,11-14H2,1H3,(H,24,29). The van der Waals surface area contributed by atoms with E-state index in [4.69, 9.17) is 0 Å². The van der Waals surface area contributed by atoms with Crippen LogP contribution in [0.1, 0.15) is 23.7 Å². The maximum absolute atomic E-state index is 13.7. The topological polar surface area (TPSA) is 80.1 Å². The SMILES string of the molecule is Cn1c(CN2CC(c3ccccc3)CC2=O)nnc1SCC(=O)Nc1ccccc1F. The second kappa shape index (κ2) is 9.30. The molecular weight excluding hydrogens is 417 g/mol. The first kappa shape index (κ1) is 21.0. The Kier molecular flexibility index (Phi) is 6.31. The second-order valence-corrected chi connectivity index (χ2v) is 8.30. The average Bonchev–Trinajstić information content (AvgIpc) is 3.32. The highest BCUT2D eigenvalue weighted by Crippen LogP contribution is 2.29. The van der Waals surface area contributed by atoms with Gasteiger partial charge in [0.25, 0.3) is 0 Å². The van der Waals surface area contributed by atoms with Crippen LogP contribution in [0.2, 0.25) is 0 Å². The molecule has 31 heavy (non-hydrogen) atoms. The number of halogens is 1. The molecule has 7 nitrogen and oxygen atoms in total. The lowest BCUT2D eigenvalue weighted by Crippen LogP contribution is -2.26. The van der Waals surface area contributed by atoms with Gasteiger partial charge in [0.1, 0.15) is 5.82 Å². The molecule has 2 amide bonds. The van der Waals surface area contributed by atoms with Crippen LogP contribution in [0, 0.1) is 5.82 Å². The van der Waals surface area contributed by atoms with Crippen LogP contribution >= 0.6 is 11.8 Å². The van der Waals surface area contributed by atoms with Crippen molar-refractivity contribution in [2.75, 3.05) is 17.6 Å². The molecule has 1 aliphatic heterocycles. The third kappa shape index (κ3) is 4.93. The third-order valence-electron chi connectivity index (χ3n) is 5.22. The molecule has 4 rings (SSSR count). The van der Waals surface area contributed by atoms with Gasteiger partial charge in [0.05, 0.1) is 18.0 Å². The Morgan fingerprint density at radius 1 is 1.16 bits per heavy atom. The molecule has 0 spiro atoms. The van der Waals surface area contributed by atoms with Gasteiger partial charge in [0, 0.05) is 25.9 Å². The van der Waals surface area contributed by atoms with Crippen molar-refractivity contribution in [2.45, 2.75) is 24.0 Å². The van der Waals surface area contributed by atoms with Crippen LogP contribution in [0.5, 0.6) is 0 Å². The Labute approximate surface area is 183 Å². The molecule has 1 saturated heterocycles. The fourth-order valence-electron chi connectivity index (χ4n) is 3.53. The van der Waals surface area contributed by atoms with Gasteiger partial charge in [-0.1, -0.05) is 54.2 Å². The molecule has 2 heterocycles. The van der Waals surface area contributed by atoms with E-state index in [0.717, 1.165) is 5.56 Å². The van der Waals surface area contributed by atoms with Crippen molar-refractivity contribution in [3.63, 3.8) is 0 Å². The first-order chi connectivity index (χ1) is 15.0. The van der Waals surface area contributed by atoms with Gasteiger partial charge >= 0.3 is 0 Å². The molecule has 1 aliphatic rings. The van der Waals surface area contributed by atoms with E-state index in [1.165, 1.54) is 23.9 Å². The molecule has 0 aliphatic carbocycles. The number of carbonyl (C=O) groups is 2. The summed E-state index contributed by atoms with van der Waals surface area (Å²) in [6.07, 6.45) is 0.486. The van der Waals surface area contributed by atoms with Gasteiger partial charge in [-0.25, -0.2) is 4.39 Å². The molecule has 1 unspecified atom stereocenters. The average molecular weight is 440 g/mol. The van der Waals surface area contributed by atoms with E-state index in [-0.39, 0.29) is 29.2 Å². The highest BCUT2D eigenvalue weighted by atomic mass is 32.2. The molecule has 1 fully saturated rings. The minimum absolute atomic E-state index is 0.0685. The summed E-state index contributed by atoms with van der Waals surface area (Å²) in [5.41, 5.74) is 1.31. The Morgan fingerprint density at radius 3 is 2.68 bits per heavy atom. The number of thioether (sulfide) groups is 1. The smallest absolute Gasteiger partial charge is 0.234 e. The van der Waals surface area contributed by atoms with E-state index in [0.29, 0.717) is 30.5 Å². The predicted octanol–water partition coefficient (Wildman–Crippen LogP) is 3.20. The van der Waals surface area contributed by atoms with E-state index in [2.05, 4.69) is 15.5 Å². The van der Waals surface area contributed by atoms with E-state index in [1.807, 2.05) is 37.4 Å². The predicted molar refractivity (Wildman–Crippen MR) is 116 cm³/mol. The summed E-state index contributed by atoms with van der Waals surface area (Å²) in [7, 11) is 1.81. The first-order valence-corrected chi connectivity index (χ1v) is 10.9. The molecule has 0 saturated carbocycles. The Morgan fingerprint density at radius 2 is 1.90 bits per heavy atom. The minimum atomic E-state index is -0.481. The zero-order valence-corrected chi connectivity index (χ0v) is 17.8. The molecule has 0 radical (unpaired) electrons. The minimum Gasteiger partial charge on any atom is -0.335 e. The molecule has 9 heteroatoms. The summed E-state index contributed by atoms with van der Waals surface area (Å²) in [4.78, 5) is 26.4. The Bertz CT molecular complexity index is 1090. The summed E-state index contributed by atoms with van der Waals surface area (Å²) in [6, 6.07) is 16.0. The van der Waals surface area contributed by atoms with Crippen LogP contribution in [0.3, 0.4) is 0 Å². The van der Waals surface area contributed by atoms with Crippen LogP contribution < -0.4 is 5.32 Å². The highest BCUT2D eigenvalue weighted by Gasteiger charge is 2.31. The van der Waals surface area contributed by atoms with E-state index >= 15 is 0 Å². The number of nitrogens with one attached hydrogen (secondary N) is 1. The lowest BCUT2D eigenvalue weighted by atomic mass is 9.99. The summed E-state index contributed by atoms with van der Waals surface area (Å²) in [5, 5.41) is 11.4. The summed E-state index contributed by atoms with van der Waals surface area (Å²) >= 11 is 1.21. The van der Waals surface area contributed by atoms with Crippen LogP contribution in [-0.2, 0) is 23.2 Å². The molecular formula is C22H22FN5O2S. The molecule has 160 valence electrons. The maximum Gasteiger partial charge on any atom is 0.234 e. The van der Waals surface area contributed by atoms with Crippen LogP contribution in [0.25, 0.3) is 0 Å². The van der Waals surface area contributed by atoms with Crippen molar-refractivity contribution in [1.82, 2.24) is 19.7 Å². The fourth-order valence-corrected chi connectivity index (χ4v) is 4.26. The summed E-state index contributed by atoms with van der Waals surface area (Å²) in [6.45, 7) is 1.01. The van der Waals surface area contributed by atoms with Gasteiger partial charge in [-0.15, -0.1) is 10.2 Å². The lowest BCUT2D eigenvalue weighted by molar-refractivity contribution is -0.128. The number of para-hydroxylation sites is 1. The van der Waals surface area contributed by atoms with Crippen LogP contribution in [0.4, 0.5) is 10.1 Å². The number of likely N-dealkylation sites (tertiary alicyclic amines) is 1. The van der Waals surface area contributed by atoms with Gasteiger partial charge in [0.2, 0.25) is 11.8 Å². The monoisotopic (exact) mass is 439 g/mol. The number of hydrogen-bond acceptors (Lipinski definition) is 5. The molecule has 1 atom stereocenters. The number of hydrogen-bond donors (Lipinski definition) is 1. The van der Waals surface area contributed by atoms with Crippen molar-refractivity contribution in [2.24, 2.45) is 7.05 Å². The fraction of sp³-hybridized carbons (Fsp3) is 0.273. The van der Waals surface area contributed by atoms with E-state index in [9.17, 15) is 14.0 Å². The highest BCUT2D eigenvalue weighted by molar-refractivity contribution is 7.99. The molecule has 1 aromatic heterocycles. The summed E-state index contributed by atoms with van der Waals surface area (Å²) in [5.74, 6) is 0.178. The van der Waals surface area contributed by atoms with Gasteiger partial charge in [0.15, 0.2) is 11.0 Å². The second-order valence-electron chi connectivity index (χ2n) is 7.36. The largest absolute Gasteiger partial charge is 0.335 e. The van der Waals surface area contributed by atoms with Crippen molar-refractivity contribution >= 4 is 29.3 Å². The van der Waals surface area contributed by atoms with Gasteiger partial charge in [-0.05, 0) is 17.7 Å². The lowest BCUT2D eigenvalue weighted by Gasteiger charge is -2.16. The van der Waals surface area contributed by atoms with Crippen LogP contribution in [-0.4, -0.2) is 43.8 Å². The molecule has 1 N–H and O–H groups in total. The number of benzene rings is 2. The van der Waals surface area contributed by atoms with E-state index in [1.54, 1.807) is 21.6 Å². The number of carbonyl (C=O) groups excluding carboxylic acids is 2. The van der Waals surface area contributed by atoms with E-state index < -0.39 is 5.82 Å². The number of aromatic nitrogens is 3.